The molecular formula is C13H17FN4O. The third kappa shape index (κ3) is 3.51. The standard InChI is InChI=1S/C13H17FN4O/c1-8(2)15-7-12-17-18-13(19-12)16-11-6-4-5-10(14)9(11)3/h4-6,8,15H,7H2,1-3H3,(H,16,18). The Hall–Kier alpha value is -1.95. The zero-order chi connectivity index (χ0) is 13.8. The summed E-state index contributed by atoms with van der Waals surface area (Å²) >= 11 is 0. The summed E-state index contributed by atoms with van der Waals surface area (Å²) in [5.41, 5.74) is 1.13. The summed E-state index contributed by atoms with van der Waals surface area (Å²) in [5, 5.41) is 13.9. The lowest BCUT2D eigenvalue weighted by molar-refractivity contribution is 0.460. The van der Waals surface area contributed by atoms with E-state index in [1.165, 1.54) is 6.07 Å². The van der Waals surface area contributed by atoms with Crippen molar-refractivity contribution in [1.82, 2.24) is 15.5 Å². The molecule has 1 heterocycles. The molecule has 0 radical (unpaired) electrons. The summed E-state index contributed by atoms with van der Waals surface area (Å²) in [7, 11) is 0. The zero-order valence-electron chi connectivity index (χ0n) is 11.2. The number of benzene rings is 1. The summed E-state index contributed by atoms with van der Waals surface area (Å²) in [4.78, 5) is 0. The van der Waals surface area contributed by atoms with E-state index >= 15 is 0 Å². The van der Waals surface area contributed by atoms with Crippen LogP contribution in [-0.2, 0) is 6.54 Å². The minimum absolute atomic E-state index is 0.259. The van der Waals surface area contributed by atoms with E-state index in [1.54, 1.807) is 19.1 Å². The molecule has 0 amide bonds. The van der Waals surface area contributed by atoms with Gasteiger partial charge in [0.05, 0.1) is 6.54 Å². The molecule has 0 fully saturated rings. The first-order valence-electron chi connectivity index (χ1n) is 6.14. The van der Waals surface area contributed by atoms with Gasteiger partial charge in [-0.25, -0.2) is 4.39 Å². The highest BCUT2D eigenvalue weighted by Crippen LogP contribution is 2.21. The summed E-state index contributed by atoms with van der Waals surface area (Å²) in [6, 6.07) is 5.39. The van der Waals surface area contributed by atoms with E-state index in [-0.39, 0.29) is 11.8 Å². The molecule has 0 aliphatic rings. The lowest BCUT2D eigenvalue weighted by Gasteiger charge is -2.06. The summed E-state index contributed by atoms with van der Waals surface area (Å²) in [6.45, 7) is 6.26. The van der Waals surface area contributed by atoms with Crippen molar-refractivity contribution >= 4 is 11.7 Å². The van der Waals surface area contributed by atoms with Crippen LogP contribution >= 0.6 is 0 Å². The molecule has 1 aromatic carbocycles. The van der Waals surface area contributed by atoms with Crippen molar-refractivity contribution in [3.8, 4) is 0 Å². The second-order valence-electron chi connectivity index (χ2n) is 4.57. The fraction of sp³-hybridized carbons (Fsp3) is 0.385. The lowest BCUT2D eigenvalue weighted by Crippen LogP contribution is -2.21. The van der Waals surface area contributed by atoms with Crippen molar-refractivity contribution in [3.63, 3.8) is 0 Å². The van der Waals surface area contributed by atoms with Gasteiger partial charge in [-0.05, 0) is 19.1 Å². The first kappa shape index (κ1) is 13.5. The molecule has 2 rings (SSSR count). The minimum atomic E-state index is -0.272. The van der Waals surface area contributed by atoms with Crippen LogP contribution in [0.4, 0.5) is 16.1 Å². The molecule has 0 bridgehead atoms. The molecule has 2 N–H and O–H groups in total. The van der Waals surface area contributed by atoms with Crippen LogP contribution < -0.4 is 10.6 Å². The molecule has 0 saturated heterocycles. The number of anilines is 2. The van der Waals surface area contributed by atoms with Gasteiger partial charge in [-0.1, -0.05) is 25.0 Å². The Bertz CT molecular complexity index is 553. The van der Waals surface area contributed by atoms with Crippen molar-refractivity contribution in [2.75, 3.05) is 5.32 Å². The van der Waals surface area contributed by atoms with Crippen LogP contribution in [0.25, 0.3) is 0 Å². The number of rotatable bonds is 5. The highest BCUT2D eigenvalue weighted by Gasteiger charge is 2.09. The molecule has 0 saturated carbocycles. The first-order chi connectivity index (χ1) is 9.06. The number of hydrogen-bond acceptors (Lipinski definition) is 5. The second-order valence-corrected chi connectivity index (χ2v) is 4.57. The van der Waals surface area contributed by atoms with Crippen LogP contribution in [0.5, 0.6) is 0 Å². The van der Waals surface area contributed by atoms with Crippen LogP contribution in [-0.4, -0.2) is 16.2 Å². The SMILES string of the molecule is Cc1c(F)cccc1Nc1nnc(CNC(C)C)o1. The molecule has 0 aliphatic carbocycles. The molecule has 0 unspecified atom stereocenters. The van der Waals surface area contributed by atoms with Gasteiger partial charge >= 0.3 is 6.01 Å². The zero-order valence-corrected chi connectivity index (χ0v) is 11.2. The molecule has 6 heteroatoms. The van der Waals surface area contributed by atoms with E-state index in [0.717, 1.165) is 0 Å². The van der Waals surface area contributed by atoms with Gasteiger partial charge in [-0.3, -0.25) is 0 Å². The molecule has 1 aromatic heterocycles. The van der Waals surface area contributed by atoms with E-state index < -0.39 is 0 Å². The molecule has 19 heavy (non-hydrogen) atoms. The van der Waals surface area contributed by atoms with Crippen molar-refractivity contribution in [2.45, 2.75) is 33.4 Å². The highest BCUT2D eigenvalue weighted by molar-refractivity contribution is 5.57. The number of nitrogens with zero attached hydrogens (tertiary/aromatic N) is 2. The molecule has 5 nitrogen and oxygen atoms in total. The molecule has 0 spiro atoms. The molecule has 0 aliphatic heterocycles. The van der Waals surface area contributed by atoms with Crippen LogP contribution in [0.1, 0.15) is 25.3 Å². The second kappa shape index (κ2) is 5.79. The highest BCUT2D eigenvalue weighted by atomic mass is 19.1. The first-order valence-corrected chi connectivity index (χ1v) is 6.14. The summed E-state index contributed by atoms with van der Waals surface area (Å²) < 4.78 is 18.8. The van der Waals surface area contributed by atoms with Crippen molar-refractivity contribution in [2.24, 2.45) is 0 Å². The Morgan fingerprint density at radius 3 is 2.84 bits per heavy atom. The van der Waals surface area contributed by atoms with Crippen molar-refractivity contribution in [3.05, 3.63) is 35.5 Å². The van der Waals surface area contributed by atoms with E-state index in [9.17, 15) is 4.39 Å². The Balaban J connectivity index is 2.05. The Labute approximate surface area is 111 Å². The van der Waals surface area contributed by atoms with E-state index in [0.29, 0.717) is 29.7 Å². The average molecular weight is 264 g/mol. The lowest BCUT2D eigenvalue weighted by atomic mass is 10.2. The van der Waals surface area contributed by atoms with Gasteiger partial charge in [0.15, 0.2) is 0 Å². The number of hydrogen-bond donors (Lipinski definition) is 2. The van der Waals surface area contributed by atoms with Gasteiger partial charge < -0.3 is 15.1 Å². The van der Waals surface area contributed by atoms with Gasteiger partial charge in [-0.2, -0.15) is 0 Å². The van der Waals surface area contributed by atoms with Crippen molar-refractivity contribution in [1.29, 1.82) is 0 Å². The van der Waals surface area contributed by atoms with Crippen LogP contribution in [0.2, 0.25) is 0 Å². The number of nitrogens with one attached hydrogen (secondary N) is 2. The smallest absolute Gasteiger partial charge is 0.320 e. The number of aromatic nitrogens is 2. The van der Waals surface area contributed by atoms with E-state index in [1.807, 2.05) is 13.8 Å². The van der Waals surface area contributed by atoms with E-state index in [2.05, 4.69) is 20.8 Å². The number of halogens is 1. The predicted molar refractivity (Wildman–Crippen MR) is 70.7 cm³/mol. The van der Waals surface area contributed by atoms with Gasteiger partial charge in [-0.15, -0.1) is 5.10 Å². The predicted octanol–water partition coefficient (Wildman–Crippen LogP) is 2.76. The largest absolute Gasteiger partial charge is 0.406 e. The van der Waals surface area contributed by atoms with Gasteiger partial charge in [0.1, 0.15) is 5.82 Å². The Morgan fingerprint density at radius 1 is 1.32 bits per heavy atom. The van der Waals surface area contributed by atoms with E-state index in [4.69, 9.17) is 4.42 Å². The summed E-state index contributed by atoms with van der Waals surface area (Å²) in [5.74, 6) is 0.219. The fourth-order valence-corrected chi connectivity index (χ4v) is 1.53. The maximum atomic E-state index is 13.4. The monoisotopic (exact) mass is 264 g/mol. The topological polar surface area (TPSA) is 63.0 Å². The molecule has 0 atom stereocenters. The van der Waals surface area contributed by atoms with Gasteiger partial charge in [0, 0.05) is 17.3 Å². The van der Waals surface area contributed by atoms with Gasteiger partial charge in [0.2, 0.25) is 5.89 Å². The van der Waals surface area contributed by atoms with Crippen LogP contribution in [0.15, 0.2) is 22.6 Å². The third-order valence-corrected chi connectivity index (χ3v) is 2.64. The molecular weight excluding hydrogens is 247 g/mol. The average Bonchev–Trinajstić information content (AvgIpc) is 2.80. The Morgan fingerprint density at radius 2 is 2.11 bits per heavy atom. The molecule has 2 aromatic rings. The van der Waals surface area contributed by atoms with Crippen molar-refractivity contribution < 1.29 is 8.81 Å². The maximum Gasteiger partial charge on any atom is 0.320 e. The quantitative estimate of drug-likeness (QED) is 0.869. The van der Waals surface area contributed by atoms with Gasteiger partial charge in [0.25, 0.3) is 0 Å². The fourth-order valence-electron chi connectivity index (χ4n) is 1.53. The summed E-state index contributed by atoms with van der Waals surface area (Å²) in [6.07, 6.45) is 0. The van der Waals surface area contributed by atoms with Crippen LogP contribution in [0.3, 0.4) is 0 Å². The molecule has 102 valence electrons. The normalized spacial score (nSPS) is 11.0. The Kier molecular flexibility index (Phi) is 4.11. The maximum absolute atomic E-state index is 13.4. The third-order valence-electron chi connectivity index (χ3n) is 2.64. The van der Waals surface area contributed by atoms with Crippen LogP contribution in [0, 0.1) is 12.7 Å². The minimum Gasteiger partial charge on any atom is -0.406 e.